The fourth-order valence-electron chi connectivity index (χ4n) is 5.32. The van der Waals surface area contributed by atoms with Gasteiger partial charge >= 0.3 is 5.97 Å². The first kappa shape index (κ1) is 22.6. The second-order valence-electron chi connectivity index (χ2n) is 9.97. The highest BCUT2D eigenvalue weighted by atomic mass is 19.1. The summed E-state index contributed by atoms with van der Waals surface area (Å²) in [5, 5.41) is 19.0. The van der Waals surface area contributed by atoms with Crippen molar-refractivity contribution < 1.29 is 23.8 Å². The molecule has 1 aliphatic rings. The van der Waals surface area contributed by atoms with Gasteiger partial charge in [0.05, 0.1) is 30.4 Å². The lowest BCUT2D eigenvalue weighted by atomic mass is 9.81. The number of methoxy groups -OCH3 is 1. The molecule has 2 N–H and O–H groups in total. The maximum Gasteiger partial charge on any atom is 0.335 e. The second kappa shape index (κ2) is 7.92. The van der Waals surface area contributed by atoms with Crippen LogP contribution in [0.5, 0.6) is 0 Å². The zero-order valence-corrected chi connectivity index (χ0v) is 19.7. The SMILES string of the molecule is COCC(C)(C)c1c([C@H]2CO[C@](C)(C(=O)O)C2)c2cc3[nH]ncc3cc2n1-c1ccc(F)cc1. The molecule has 34 heavy (non-hydrogen) atoms. The van der Waals surface area contributed by atoms with Gasteiger partial charge in [0, 0.05) is 40.6 Å². The highest BCUT2D eigenvalue weighted by Crippen LogP contribution is 2.47. The van der Waals surface area contributed by atoms with E-state index in [-0.39, 0.29) is 11.7 Å². The van der Waals surface area contributed by atoms with Crippen molar-refractivity contribution in [3.05, 3.63) is 59.7 Å². The standard InChI is InChI=1S/C26H28FN3O4/c1-25(2,14-33-4)23-22(16-11-26(3,24(31)32)34-13-16)19-10-20-15(12-28-29-20)9-21(19)30(23)18-7-5-17(27)6-8-18/h5-10,12,16H,11,13-14H2,1-4H3,(H,28,29)(H,31,32)/t16-,26+/m1/s1. The van der Waals surface area contributed by atoms with E-state index in [4.69, 9.17) is 9.47 Å². The first-order chi connectivity index (χ1) is 16.1. The van der Waals surface area contributed by atoms with Crippen LogP contribution in [-0.2, 0) is 19.7 Å². The van der Waals surface area contributed by atoms with Crippen LogP contribution in [0.25, 0.3) is 27.5 Å². The molecule has 2 aromatic heterocycles. The van der Waals surface area contributed by atoms with Gasteiger partial charge in [-0.25, -0.2) is 9.18 Å². The molecule has 5 rings (SSSR count). The van der Waals surface area contributed by atoms with Crippen molar-refractivity contribution in [2.45, 2.75) is 44.1 Å². The molecule has 1 saturated heterocycles. The molecule has 2 aromatic carbocycles. The van der Waals surface area contributed by atoms with E-state index in [2.05, 4.69) is 40.7 Å². The summed E-state index contributed by atoms with van der Waals surface area (Å²) in [6, 6.07) is 10.6. The van der Waals surface area contributed by atoms with Gasteiger partial charge in [-0.1, -0.05) is 13.8 Å². The van der Waals surface area contributed by atoms with Crippen molar-refractivity contribution in [1.82, 2.24) is 14.8 Å². The van der Waals surface area contributed by atoms with E-state index < -0.39 is 17.0 Å². The van der Waals surface area contributed by atoms with Gasteiger partial charge in [-0.15, -0.1) is 0 Å². The van der Waals surface area contributed by atoms with Gasteiger partial charge in [0.2, 0.25) is 0 Å². The van der Waals surface area contributed by atoms with Gasteiger partial charge in [-0.05, 0) is 55.3 Å². The lowest BCUT2D eigenvalue weighted by Gasteiger charge is -2.29. The Hall–Kier alpha value is -3.23. The van der Waals surface area contributed by atoms with Crippen molar-refractivity contribution in [2.24, 2.45) is 0 Å². The quantitative estimate of drug-likeness (QED) is 0.422. The molecular weight excluding hydrogens is 437 g/mol. The van der Waals surface area contributed by atoms with Gasteiger partial charge in [-0.2, -0.15) is 5.10 Å². The Kier molecular flexibility index (Phi) is 5.26. The van der Waals surface area contributed by atoms with Crippen LogP contribution < -0.4 is 0 Å². The van der Waals surface area contributed by atoms with Gasteiger partial charge in [-0.3, -0.25) is 5.10 Å². The highest BCUT2D eigenvalue weighted by molar-refractivity contribution is 5.99. The third kappa shape index (κ3) is 3.49. The lowest BCUT2D eigenvalue weighted by molar-refractivity contribution is -0.157. The van der Waals surface area contributed by atoms with Gasteiger partial charge in [0.1, 0.15) is 5.82 Å². The van der Waals surface area contributed by atoms with Crippen LogP contribution in [0.2, 0.25) is 0 Å². The van der Waals surface area contributed by atoms with Crippen LogP contribution in [0.15, 0.2) is 42.6 Å². The van der Waals surface area contributed by atoms with Crippen LogP contribution in [0.4, 0.5) is 4.39 Å². The Balaban J connectivity index is 1.87. The predicted molar refractivity (Wildman–Crippen MR) is 127 cm³/mol. The van der Waals surface area contributed by atoms with E-state index in [0.717, 1.165) is 38.8 Å². The summed E-state index contributed by atoms with van der Waals surface area (Å²) in [5.41, 5.74) is 2.99. The minimum absolute atomic E-state index is 0.142. The van der Waals surface area contributed by atoms with Crippen molar-refractivity contribution >= 4 is 27.8 Å². The lowest BCUT2D eigenvalue weighted by Crippen LogP contribution is -2.34. The number of ether oxygens (including phenoxy) is 2. The Morgan fingerprint density at radius 3 is 2.74 bits per heavy atom. The van der Waals surface area contributed by atoms with Crippen LogP contribution in [-0.4, -0.2) is 51.8 Å². The zero-order valence-electron chi connectivity index (χ0n) is 19.7. The maximum atomic E-state index is 13.8. The predicted octanol–water partition coefficient (Wildman–Crippen LogP) is 4.92. The average Bonchev–Trinajstić information content (AvgIpc) is 3.48. The highest BCUT2D eigenvalue weighted by Gasteiger charge is 2.46. The Labute approximate surface area is 196 Å². The van der Waals surface area contributed by atoms with Gasteiger partial charge < -0.3 is 19.1 Å². The minimum Gasteiger partial charge on any atom is -0.479 e. The Morgan fingerprint density at radius 1 is 1.35 bits per heavy atom. The topological polar surface area (TPSA) is 89.4 Å². The number of benzene rings is 2. The third-order valence-electron chi connectivity index (χ3n) is 6.90. The smallest absolute Gasteiger partial charge is 0.335 e. The number of hydrogen-bond donors (Lipinski definition) is 2. The number of halogens is 1. The number of hydrogen-bond acceptors (Lipinski definition) is 4. The molecular formula is C26H28FN3O4. The first-order valence-electron chi connectivity index (χ1n) is 11.3. The zero-order chi connectivity index (χ0) is 24.3. The molecule has 0 aliphatic carbocycles. The second-order valence-corrected chi connectivity index (χ2v) is 9.97. The molecule has 178 valence electrons. The summed E-state index contributed by atoms with van der Waals surface area (Å²) in [6.45, 7) is 6.58. The van der Waals surface area contributed by atoms with E-state index in [1.807, 2.05) is 0 Å². The van der Waals surface area contributed by atoms with E-state index in [9.17, 15) is 14.3 Å². The van der Waals surface area contributed by atoms with Crippen molar-refractivity contribution in [1.29, 1.82) is 0 Å². The molecule has 0 saturated carbocycles. The molecule has 8 heteroatoms. The Morgan fingerprint density at radius 2 is 2.09 bits per heavy atom. The molecule has 3 heterocycles. The molecule has 1 fully saturated rings. The summed E-state index contributed by atoms with van der Waals surface area (Å²) >= 11 is 0. The van der Waals surface area contributed by atoms with Crippen molar-refractivity contribution in [3.8, 4) is 5.69 Å². The van der Waals surface area contributed by atoms with Crippen LogP contribution in [0.1, 0.15) is 44.4 Å². The molecule has 7 nitrogen and oxygen atoms in total. The molecule has 0 bridgehead atoms. The normalized spacial score (nSPS) is 21.0. The van der Waals surface area contributed by atoms with Crippen LogP contribution in [0, 0.1) is 5.82 Å². The summed E-state index contributed by atoms with van der Waals surface area (Å²) in [7, 11) is 1.67. The number of rotatable bonds is 6. The number of fused-ring (bicyclic) bond motifs is 2. The summed E-state index contributed by atoms with van der Waals surface area (Å²) in [4.78, 5) is 11.9. The van der Waals surface area contributed by atoms with Crippen molar-refractivity contribution in [3.63, 3.8) is 0 Å². The number of carboxylic acids is 1. The molecule has 0 radical (unpaired) electrons. The number of carbonyl (C=O) groups is 1. The van der Waals surface area contributed by atoms with E-state index in [1.165, 1.54) is 12.1 Å². The van der Waals surface area contributed by atoms with Crippen LogP contribution >= 0.6 is 0 Å². The molecule has 2 atom stereocenters. The first-order valence-corrected chi connectivity index (χ1v) is 11.3. The summed E-state index contributed by atoms with van der Waals surface area (Å²) in [6.07, 6.45) is 2.12. The number of carboxylic acid groups (broad SMARTS) is 1. The molecule has 1 aliphatic heterocycles. The number of aromatic amines is 1. The summed E-state index contributed by atoms with van der Waals surface area (Å²) in [5.74, 6) is -1.42. The third-order valence-corrected chi connectivity index (χ3v) is 6.90. The number of H-pyrrole nitrogens is 1. The molecule has 0 spiro atoms. The van der Waals surface area contributed by atoms with Gasteiger partial charge in [0.25, 0.3) is 0 Å². The minimum atomic E-state index is -1.25. The molecule has 0 amide bonds. The average molecular weight is 466 g/mol. The Bertz CT molecular complexity index is 1390. The van der Waals surface area contributed by atoms with E-state index >= 15 is 0 Å². The van der Waals surface area contributed by atoms with E-state index in [0.29, 0.717) is 19.6 Å². The van der Waals surface area contributed by atoms with Crippen molar-refractivity contribution in [2.75, 3.05) is 20.3 Å². The molecule has 0 unspecified atom stereocenters. The fraction of sp³-hybridized carbons (Fsp3) is 0.385. The number of nitrogens with zero attached hydrogens (tertiary/aromatic N) is 2. The van der Waals surface area contributed by atoms with E-state index in [1.54, 1.807) is 32.4 Å². The maximum absolute atomic E-state index is 13.8. The van der Waals surface area contributed by atoms with Crippen LogP contribution in [0.3, 0.4) is 0 Å². The fourth-order valence-corrected chi connectivity index (χ4v) is 5.32. The number of aliphatic carboxylic acids is 1. The van der Waals surface area contributed by atoms with Gasteiger partial charge in [0.15, 0.2) is 5.60 Å². The summed E-state index contributed by atoms with van der Waals surface area (Å²) < 4.78 is 27.4. The largest absolute Gasteiger partial charge is 0.479 e. The monoisotopic (exact) mass is 465 g/mol. The molecule has 4 aromatic rings. The number of nitrogens with one attached hydrogen (secondary N) is 1. The number of aromatic nitrogens is 3.